The maximum atomic E-state index is 12.5. The molecule has 0 unspecified atom stereocenters. The zero-order valence-electron chi connectivity index (χ0n) is 14.7. The molecule has 24 heavy (non-hydrogen) atoms. The van der Waals surface area contributed by atoms with Gasteiger partial charge in [0.1, 0.15) is 0 Å². The first-order valence-electron chi connectivity index (χ1n) is 8.96. The number of benzene rings is 1. The molecule has 0 saturated carbocycles. The van der Waals surface area contributed by atoms with Crippen molar-refractivity contribution in [2.75, 3.05) is 13.1 Å². The van der Waals surface area contributed by atoms with Crippen LogP contribution in [-0.4, -0.2) is 33.7 Å². The van der Waals surface area contributed by atoms with Gasteiger partial charge in [-0.15, -0.1) is 0 Å². The summed E-state index contributed by atoms with van der Waals surface area (Å²) < 4.78 is 2.03. The van der Waals surface area contributed by atoms with Crippen molar-refractivity contribution in [1.29, 1.82) is 0 Å². The van der Waals surface area contributed by atoms with E-state index in [0.717, 1.165) is 38.8 Å². The highest BCUT2D eigenvalue weighted by molar-refractivity contribution is 5.76. The van der Waals surface area contributed by atoms with Gasteiger partial charge in [0.25, 0.3) is 0 Å². The highest BCUT2D eigenvalue weighted by Gasteiger charge is 2.24. The van der Waals surface area contributed by atoms with Crippen molar-refractivity contribution < 1.29 is 4.79 Å². The number of rotatable bonds is 5. The molecule has 3 rings (SSSR count). The molecule has 128 valence electrons. The van der Waals surface area contributed by atoms with Crippen LogP contribution >= 0.6 is 0 Å². The van der Waals surface area contributed by atoms with E-state index in [1.54, 1.807) is 0 Å². The molecule has 1 atom stereocenters. The molecule has 2 aromatic rings. The van der Waals surface area contributed by atoms with Crippen LogP contribution in [-0.2, 0) is 11.2 Å². The largest absolute Gasteiger partial charge is 0.341 e. The average molecular weight is 325 g/mol. The smallest absolute Gasteiger partial charge is 0.222 e. The normalized spacial score (nSPS) is 17.9. The van der Waals surface area contributed by atoms with Crippen molar-refractivity contribution in [3.8, 4) is 0 Å². The molecular formula is C20H27N3O. The number of nitrogens with zero attached hydrogens (tertiary/aromatic N) is 3. The van der Waals surface area contributed by atoms with Crippen LogP contribution in [0.5, 0.6) is 0 Å². The van der Waals surface area contributed by atoms with E-state index in [1.807, 2.05) is 15.8 Å². The fraction of sp³-hybridized carbons (Fsp3) is 0.500. The Morgan fingerprint density at radius 3 is 2.71 bits per heavy atom. The SMILES string of the molecule is Cc1ccc(CCCC(=O)N2CCC[C@H](n3cc(C)cn3)C2)cc1. The van der Waals surface area contributed by atoms with Crippen molar-refractivity contribution in [3.05, 3.63) is 53.3 Å². The zero-order chi connectivity index (χ0) is 16.9. The van der Waals surface area contributed by atoms with Crippen molar-refractivity contribution in [2.24, 2.45) is 0 Å². The summed E-state index contributed by atoms with van der Waals surface area (Å²) in [5.74, 6) is 0.288. The minimum Gasteiger partial charge on any atom is -0.341 e. The van der Waals surface area contributed by atoms with E-state index in [9.17, 15) is 4.79 Å². The van der Waals surface area contributed by atoms with Gasteiger partial charge >= 0.3 is 0 Å². The van der Waals surface area contributed by atoms with Gasteiger partial charge in [-0.05, 0) is 50.7 Å². The van der Waals surface area contributed by atoms with E-state index in [2.05, 4.69) is 49.4 Å². The van der Waals surface area contributed by atoms with Gasteiger partial charge in [-0.2, -0.15) is 5.10 Å². The Morgan fingerprint density at radius 1 is 1.21 bits per heavy atom. The van der Waals surface area contributed by atoms with E-state index in [-0.39, 0.29) is 5.91 Å². The first-order chi connectivity index (χ1) is 11.6. The molecule has 4 nitrogen and oxygen atoms in total. The lowest BCUT2D eigenvalue weighted by atomic mass is 10.0. The Bertz CT molecular complexity index is 674. The van der Waals surface area contributed by atoms with E-state index in [1.165, 1.54) is 16.7 Å². The Hall–Kier alpha value is -2.10. The number of carbonyl (C=O) groups is 1. The minimum absolute atomic E-state index is 0.288. The van der Waals surface area contributed by atoms with Crippen molar-refractivity contribution in [3.63, 3.8) is 0 Å². The number of carbonyl (C=O) groups excluding carboxylic acids is 1. The number of aromatic nitrogens is 2. The predicted octanol–water partition coefficient (Wildman–Crippen LogP) is 3.69. The number of likely N-dealkylation sites (tertiary alicyclic amines) is 1. The van der Waals surface area contributed by atoms with Gasteiger partial charge in [-0.25, -0.2) is 0 Å². The van der Waals surface area contributed by atoms with Crippen LogP contribution in [0.4, 0.5) is 0 Å². The van der Waals surface area contributed by atoms with Gasteiger partial charge in [0.2, 0.25) is 5.91 Å². The molecule has 0 N–H and O–H groups in total. The average Bonchev–Trinajstić information content (AvgIpc) is 3.03. The molecule has 1 aromatic heterocycles. The van der Waals surface area contributed by atoms with Gasteiger partial charge in [-0.3, -0.25) is 9.48 Å². The lowest BCUT2D eigenvalue weighted by Gasteiger charge is -2.33. The van der Waals surface area contributed by atoms with Crippen LogP contribution in [0, 0.1) is 13.8 Å². The maximum Gasteiger partial charge on any atom is 0.222 e. The second-order valence-corrected chi connectivity index (χ2v) is 6.97. The van der Waals surface area contributed by atoms with Gasteiger partial charge in [-0.1, -0.05) is 29.8 Å². The van der Waals surface area contributed by atoms with E-state index in [4.69, 9.17) is 0 Å². The highest BCUT2D eigenvalue weighted by atomic mass is 16.2. The molecular weight excluding hydrogens is 298 g/mol. The van der Waals surface area contributed by atoms with E-state index >= 15 is 0 Å². The number of piperidine rings is 1. The summed E-state index contributed by atoms with van der Waals surface area (Å²) in [6.45, 7) is 5.84. The summed E-state index contributed by atoms with van der Waals surface area (Å²) in [4.78, 5) is 14.5. The van der Waals surface area contributed by atoms with Crippen molar-refractivity contribution in [2.45, 2.75) is 52.0 Å². The fourth-order valence-electron chi connectivity index (χ4n) is 3.39. The third-order valence-electron chi connectivity index (χ3n) is 4.83. The van der Waals surface area contributed by atoms with Gasteiger partial charge in [0.15, 0.2) is 0 Å². The van der Waals surface area contributed by atoms with Gasteiger partial charge in [0, 0.05) is 25.7 Å². The Balaban J connectivity index is 1.48. The fourth-order valence-corrected chi connectivity index (χ4v) is 3.39. The van der Waals surface area contributed by atoms with Crippen LogP contribution in [0.15, 0.2) is 36.7 Å². The van der Waals surface area contributed by atoms with Crippen molar-refractivity contribution in [1.82, 2.24) is 14.7 Å². The number of aryl methyl sites for hydroxylation is 3. The van der Waals surface area contributed by atoms with E-state index < -0.39 is 0 Å². The quantitative estimate of drug-likeness (QED) is 0.841. The maximum absolute atomic E-state index is 12.5. The molecule has 1 saturated heterocycles. The third-order valence-corrected chi connectivity index (χ3v) is 4.83. The Labute approximate surface area is 144 Å². The summed E-state index contributed by atoms with van der Waals surface area (Å²) in [7, 11) is 0. The number of hydrogen-bond donors (Lipinski definition) is 0. The molecule has 4 heteroatoms. The molecule has 1 aromatic carbocycles. The van der Waals surface area contributed by atoms with Gasteiger partial charge in [0.05, 0.1) is 12.2 Å². The lowest BCUT2D eigenvalue weighted by molar-refractivity contribution is -0.133. The summed E-state index contributed by atoms with van der Waals surface area (Å²) in [6.07, 6.45) is 8.67. The minimum atomic E-state index is 0.288. The van der Waals surface area contributed by atoms with E-state index in [0.29, 0.717) is 12.5 Å². The Morgan fingerprint density at radius 2 is 2.00 bits per heavy atom. The third kappa shape index (κ3) is 4.25. The summed E-state index contributed by atoms with van der Waals surface area (Å²) in [5.41, 5.74) is 3.77. The standard InChI is InChI=1S/C20H27N3O/c1-16-8-10-18(11-9-16)5-3-7-20(24)22-12-4-6-19(15-22)23-14-17(2)13-21-23/h8-11,13-14,19H,3-7,12,15H2,1-2H3/t19-/m0/s1. The molecule has 2 heterocycles. The summed E-state index contributed by atoms with van der Waals surface area (Å²) in [6, 6.07) is 8.93. The monoisotopic (exact) mass is 325 g/mol. The molecule has 0 aliphatic carbocycles. The lowest BCUT2D eigenvalue weighted by Crippen LogP contribution is -2.40. The predicted molar refractivity (Wildman–Crippen MR) is 95.9 cm³/mol. The molecule has 1 aliphatic rings. The topological polar surface area (TPSA) is 38.1 Å². The molecule has 1 aliphatic heterocycles. The van der Waals surface area contributed by atoms with Crippen LogP contribution in [0.1, 0.15) is 48.4 Å². The van der Waals surface area contributed by atoms with Gasteiger partial charge < -0.3 is 4.90 Å². The second-order valence-electron chi connectivity index (χ2n) is 6.97. The second kappa shape index (κ2) is 7.65. The van der Waals surface area contributed by atoms with Crippen LogP contribution in [0.2, 0.25) is 0 Å². The molecule has 0 bridgehead atoms. The molecule has 1 amide bonds. The highest BCUT2D eigenvalue weighted by Crippen LogP contribution is 2.22. The van der Waals surface area contributed by atoms with Crippen LogP contribution < -0.4 is 0 Å². The van der Waals surface area contributed by atoms with Crippen molar-refractivity contribution >= 4 is 5.91 Å². The summed E-state index contributed by atoms with van der Waals surface area (Å²) >= 11 is 0. The van der Waals surface area contributed by atoms with Crippen LogP contribution in [0.25, 0.3) is 0 Å². The molecule has 0 radical (unpaired) electrons. The molecule has 0 spiro atoms. The zero-order valence-corrected chi connectivity index (χ0v) is 14.7. The molecule has 1 fully saturated rings. The Kier molecular flexibility index (Phi) is 5.34. The first kappa shape index (κ1) is 16.7. The summed E-state index contributed by atoms with van der Waals surface area (Å²) in [5, 5.41) is 4.42. The van der Waals surface area contributed by atoms with Crippen LogP contribution in [0.3, 0.4) is 0 Å². The number of amides is 1. The number of hydrogen-bond acceptors (Lipinski definition) is 2. The first-order valence-corrected chi connectivity index (χ1v) is 8.96.